The Morgan fingerprint density at radius 3 is 2.78 bits per heavy atom. The second-order valence-corrected chi connectivity index (χ2v) is 4.51. The van der Waals surface area contributed by atoms with Gasteiger partial charge in [-0.3, -0.25) is 10.1 Å². The molecule has 0 aliphatic carbocycles. The number of ether oxygens (including phenoxy) is 1. The largest absolute Gasteiger partial charge is 0.377 e. The van der Waals surface area contributed by atoms with Crippen LogP contribution in [0, 0.1) is 10.1 Å². The summed E-state index contributed by atoms with van der Waals surface area (Å²) in [4.78, 5) is 10.1. The fraction of sp³-hybridized carbons (Fsp3) is 0.538. The number of nitrogens with one attached hydrogen (secondary N) is 1. The summed E-state index contributed by atoms with van der Waals surface area (Å²) in [5, 5.41) is 13.8. The average Bonchev–Trinajstić information content (AvgIpc) is 2.40. The maximum atomic E-state index is 10.5. The van der Waals surface area contributed by atoms with E-state index in [4.69, 9.17) is 4.74 Å². The number of rotatable bonds is 5. The van der Waals surface area contributed by atoms with Gasteiger partial charge in [0.1, 0.15) is 0 Å². The molecule has 1 aliphatic rings. The first-order chi connectivity index (χ1) is 8.75. The third kappa shape index (κ3) is 3.78. The van der Waals surface area contributed by atoms with Gasteiger partial charge in [-0.25, -0.2) is 0 Å². The number of nitro benzene ring substituents is 1. The van der Waals surface area contributed by atoms with E-state index < -0.39 is 0 Å². The summed E-state index contributed by atoms with van der Waals surface area (Å²) in [5.74, 6) is 0. The third-order valence-corrected chi connectivity index (χ3v) is 3.14. The smallest absolute Gasteiger partial charge is 0.269 e. The summed E-state index contributed by atoms with van der Waals surface area (Å²) in [6, 6.07) is 6.66. The molecule has 0 amide bonds. The number of nitrogens with zero attached hydrogens (tertiary/aromatic N) is 1. The van der Waals surface area contributed by atoms with Crippen molar-refractivity contribution in [3.63, 3.8) is 0 Å². The van der Waals surface area contributed by atoms with Crippen LogP contribution in [0.15, 0.2) is 24.3 Å². The lowest BCUT2D eigenvalue weighted by Gasteiger charge is -2.23. The van der Waals surface area contributed by atoms with Crippen molar-refractivity contribution in [1.29, 1.82) is 0 Å². The van der Waals surface area contributed by atoms with Gasteiger partial charge in [-0.2, -0.15) is 0 Å². The van der Waals surface area contributed by atoms with Crippen LogP contribution in [0.4, 0.5) is 5.69 Å². The molecule has 1 unspecified atom stereocenters. The fourth-order valence-electron chi connectivity index (χ4n) is 2.09. The number of nitro groups is 1. The van der Waals surface area contributed by atoms with Crippen LogP contribution in [0.25, 0.3) is 0 Å². The highest BCUT2D eigenvalue weighted by Crippen LogP contribution is 2.13. The van der Waals surface area contributed by atoms with Crippen LogP contribution in [0.5, 0.6) is 0 Å². The minimum Gasteiger partial charge on any atom is -0.377 e. The van der Waals surface area contributed by atoms with E-state index in [1.165, 1.54) is 18.6 Å². The SMILES string of the molecule is O=[N+]([O-])c1ccc(CCOC2CCCNC2)cc1. The molecule has 5 nitrogen and oxygen atoms in total. The zero-order valence-corrected chi connectivity index (χ0v) is 10.3. The van der Waals surface area contributed by atoms with Gasteiger partial charge < -0.3 is 10.1 Å². The zero-order valence-electron chi connectivity index (χ0n) is 10.3. The van der Waals surface area contributed by atoms with Crippen LogP contribution in [-0.4, -0.2) is 30.7 Å². The lowest BCUT2D eigenvalue weighted by atomic mass is 10.1. The standard InChI is InChI=1S/C13H18N2O3/c16-15(17)12-5-3-11(4-6-12)7-9-18-13-2-1-8-14-10-13/h3-6,13-14H,1-2,7-10H2. The molecular weight excluding hydrogens is 232 g/mol. The number of hydrogen-bond donors (Lipinski definition) is 1. The second kappa shape index (κ2) is 6.47. The highest BCUT2D eigenvalue weighted by molar-refractivity contribution is 5.32. The Labute approximate surface area is 106 Å². The Kier molecular flexibility index (Phi) is 4.66. The van der Waals surface area contributed by atoms with Crippen LogP contribution in [0.2, 0.25) is 0 Å². The molecule has 1 atom stereocenters. The van der Waals surface area contributed by atoms with E-state index in [0.717, 1.165) is 31.5 Å². The van der Waals surface area contributed by atoms with Crippen molar-refractivity contribution in [2.45, 2.75) is 25.4 Å². The summed E-state index contributed by atoms with van der Waals surface area (Å²) < 4.78 is 5.77. The van der Waals surface area contributed by atoms with Gasteiger partial charge in [0.05, 0.1) is 17.6 Å². The summed E-state index contributed by atoms with van der Waals surface area (Å²) in [7, 11) is 0. The number of non-ortho nitro benzene ring substituents is 1. The van der Waals surface area contributed by atoms with Crippen molar-refractivity contribution in [2.24, 2.45) is 0 Å². The minimum absolute atomic E-state index is 0.135. The van der Waals surface area contributed by atoms with Crippen LogP contribution < -0.4 is 5.32 Å². The molecule has 5 heteroatoms. The summed E-state index contributed by atoms with van der Waals surface area (Å²) in [6.45, 7) is 2.69. The van der Waals surface area contributed by atoms with Gasteiger partial charge in [0, 0.05) is 18.7 Å². The first-order valence-electron chi connectivity index (χ1n) is 6.31. The van der Waals surface area contributed by atoms with Gasteiger partial charge in [0.15, 0.2) is 0 Å². The summed E-state index contributed by atoms with van der Waals surface area (Å²) >= 11 is 0. The maximum Gasteiger partial charge on any atom is 0.269 e. The molecule has 0 spiro atoms. The van der Waals surface area contributed by atoms with Crippen LogP contribution in [0.1, 0.15) is 18.4 Å². The molecule has 1 aromatic rings. The molecule has 18 heavy (non-hydrogen) atoms. The fourth-order valence-corrected chi connectivity index (χ4v) is 2.09. The first kappa shape index (κ1) is 13.0. The summed E-state index contributed by atoms with van der Waals surface area (Å²) in [6.07, 6.45) is 3.40. The van der Waals surface area contributed by atoms with Gasteiger partial charge in [-0.1, -0.05) is 12.1 Å². The molecule has 1 heterocycles. The van der Waals surface area contributed by atoms with Crippen molar-refractivity contribution >= 4 is 5.69 Å². The van der Waals surface area contributed by atoms with Gasteiger partial charge in [0.25, 0.3) is 5.69 Å². The van der Waals surface area contributed by atoms with E-state index in [1.54, 1.807) is 12.1 Å². The number of piperidine rings is 1. The van der Waals surface area contributed by atoms with Crippen molar-refractivity contribution in [3.8, 4) is 0 Å². The average molecular weight is 250 g/mol. The summed E-state index contributed by atoms with van der Waals surface area (Å²) in [5.41, 5.74) is 1.21. The van der Waals surface area contributed by atoms with E-state index in [-0.39, 0.29) is 10.6 Å². The van der Waals surface area contributed by atoms with Crippen LogP contribution in [0.3, 0.4) is 0 Å². The van der Waals surface area contributed by atoms with Crippen molar-refractivity contribution in [2.75, 3.05) is 19.7 Å². The van der Waals surface area contributed by atoms with E-state index in [2.05, 4.69) is 5.32 Å². The Bertz CT molecular complexity index is 386. The quantitative estimate of drug-likeness (QED) is 0.640. The normalized spacial score (nSPS) is 19.7. The molecule has 0 bridgehead atoms. The number of benzene rings is 1. The predicted octanol–water partition coefficient (Wildman–Crippen LogP) is 1.91. The maximum absolute atomic E-state index is 10.5. The van der Waals surface area contributed by atoms with E-state index in [1.807, 2.05) is 0 Å². The predicted molar refractivity (Wildman–Crippen MR) is 68.6 cm³/mol. The van der Waals surface area contributed by atoms with Gasteiger partial charge in [-0.05, 0) is 31.4 Å². The molecule has 0 saturated carbocycles. The van der Waals surface area contributed by atoms with Crippen molar-refractivity contribution in [3.05, 3.63) is 39.9 Å². The first-order valence-corrected chi connectivity index (χ1v) is 6.31. The van der Waals surface area contributed by atoms with Crippen molar-refractivity contribution in [1.82, 2.24) is 5.32 Å². The second-order valence-electron chi connectivity index (χ2n) is 4.51. The molecule has 1 N–H and O–H groups in total. The van der Waals surface area contributed by atoms with E-state index >= 15 is 0 Å². The lowest BCUT2D eigenvalue weighted by molar-refractivity contribution is -0.384. The molecule has 98 valence electrons. The Morgan fingerprint density at radius 1 is 1.39 bits per heavy atom. The molecule has 1 fully saturated rings. The molecule has 1 saturated heterocycles. The van der Waals surface area contributed by atoms with Gasteiger partial charge in [0.2, 0.25) is 0 Å². The zero-order chi connectivity index (χ0) is 12.8. The van der Waals surface area contributed by atoms with E-state index in [9.17, 15) is 10.1 Å². The molecular formula is C13H18N2O3. The highest BCUT2D eigenvalue weighted by Gasteiger charge is 2.12. The topological polar surface area (TPSA) is 64.4 Å². The van der Waals surface area contributed by atoms with Crippen molar-refractivity contribution < 1.29 is 9.66 Å². The highest BCUT2D eigenvalue weighted by atomic mass is 16.6. The molecule has 0 aromatic heterocycles. The lowest BCUT2D eigenvalue weighted by Crippen LogP contribution is -2.35. The van der Waals surface area contributed by atoms with Gasteiger partial charge in [-0.15, -0.1) is 0 Å². The Hall–Kier alpha value is -1.46. The van der Waals surface area contributed by atoms with Crippen LogP contribution >= 0.6 is 0 Å². The monoisotopic (exact) mass is 250 g/mol. The molecule has 1 aromatic carbocycles. The van der Waals surface area contributed by atoms with E-state index in [0.29, 0.717) is 12.7 Å². The molecule has 1 aliphatic heterocycles. The Balaban J connectivity index is 1.74. The van der Waals surface area contributed by atoms with Gasteiger partial charge >= 0.3 is 0 Å². The Morgan fingerprint density at radius 2 is 2.17 bits per heavy atom. The number of hydrogen-bond acceptors (Lipinski definition) is 4. The molecule has 0 radical (unpaired) electrons. The third-order valence-electron chi connectivity index (χ3n) is 3.14. The van der Waals surface area contributed by atoms with Crippen LogP contribution in [-0.2, 0) is 11.2 Å². The molecule has 2 rings (SSSR count). The minimum atomic E-state index is -0.381.